The highest BCUT2D eigenvalue weighted by Gasteiger charge is 2.75. The van der Waals surface area contributed by atoms with E-state index in [0.29, 0.717) is 0 Å². The largest absolute Gasteiger partial charge is 0.376 e. The van der Waals surface area contributed by atoms with Crippen molar-refractivity contribution in [3.05, 3.63) is 0 Å². The van der Waals surface area contributed by atoms with Crippen molar-refractivity contribution in [2.24, 2.45) is 47.3 Å². The van der Waals surface area contributed by atoms with Gasteiger partial charge in [-0.25, -0.2) is 0 Å². The van der Waals surface area contributed by atoms with E-state index >= 15 is 0 Å². The molecule has 2 bridgehead atoms. The Bertz CT molecular complexity index is 634. The van der Waals surface area contributed by atoms with Gasteiger partial charge in [0.05, 0.1) is 23.7 Å². The fourth-order valence-electron chi connectivity index (χ4n) is 6.58. The molecule has 2 N–H and O–H groups in total. The summed E-state index contributed by atoms with van der Waals surface area (Å²) < 4.78 is 0. The zero-order chi connectivity index (χ0) is 16.9. The van der Waals surface area contributed by atoms with Gasteiger partial charge in [-0.05, 0) is 36.5 Å². The predicted octanol–water partition coefficient (Wildman–Crippen LogP) is -1.63. The Labute approximate surface area is 137 Å². The van der Waals surface area contributed by atoms with Gasteiger partial charge >= 0.3 is 0 Å². The molecule has 0 radical (unpaired) electrons. The van der Waals surface area contributed by atoms with Crippen LogP contribution < -0.4 is 0 Å². The summed E-state index contributed by atoms with van der Waals surface area (Å²) in [5, 5.41) is 18.7. The molecule has 0 spiro atoms. The lowest BCUT2D eigenvalue weighted by molar-refractivity contribution is -0.190. The van der Waals surface area contributed by atoms with Crippen LogP contribution in [0.3, 0.4) is 0 Å². The molecule has 128 valence electrons. The lowest BCUT2D eigenvalue weighted by Crippen LogP contribution is -2.65. The molecule has 8 heteroatoms. The van der Waals surface area contributed by atoms with Crippen molar-refractivity contribution in [2.45, 2.75) is 12.8 Å². The van der Waals surface area contributed by atoms with Crippen molar-refractivity contribution >= 4 is 23.6 Å². The normalized spacial score (nSPS) is 48.6. The van der Waals surface area contributed by atoms with Gasteiger partial charge in [0.25, 0.3) is 0 Å². The first-order valence-corrected chi connectivity index (χ1v) is 8.45. The fraction of sp³-hybridized carbons (Fsp3) is 0.750. The van der Waals surface area contributed by atoms with Gasteiger partial charge in [-0.15, -0.1) is 0 Å². The van der Waals surface area contributed by atoms with Crippen molar-refractivity contribution < 1.29 is 29.4 Å². The molecule has 8 nitrogen and oxygen atoms in total. The van der Waals surface area contributed by atoms with Crippen LogP contribution in [0.5, 0.6) is 0 Å². The lowest BCUT2D eigenvalue weighted by Gasteiger charge is -2.62. The molecule has 4 amide bonds. The Morgan fingerprint density at radius 2 is 1.00 bits per heavy atom. The van der Waals surface area contributed by atoms with E-state index in [2.05, 4.69) is 0 Å². The molecule has 0 aromatic carbocycles. The van der Waals surface area contributed by atoms with E-state index in [9.17, 15) is 29.4 Å². The maximum Gasteiger partial charge on any atom is 0.235 e. The topological polar surface area (TPSA) is 115 Å². The minimum absolute atomic E-state index is 0.0570. The van der Waals surface area contributed by atoms with Crippen LogP contribution in [0.25, 0.3) is 0 Å². The summed E-state index contributed by atoms with van der Waals surface area (Å²) in [5.74, 6) is -3.46. The number of hydrogen-bond acceptors (Lipinski definition) is 6. The SMILES string of the molecule is O=C1C2C3CCC(C2C(=O)N1CO)C1C2C(=O)N(CO)C(=O)C2C31. The van der Waals surface area contributed by atoms with Crippen LogP contribution >= 0.6 is 0 Å². The zero-order valence-corrected chi connectivity index (χ0v) is 12.9. The van der Waals surface area contributed by atoms with Crippen molar-refractivity contribution in [1.82, 2.24) is 9.80 Å². The van der Waals surface area contributed by atoms with Gasteiger partial charge in [0.1, 0.15) is 13.5 Å². The van der Waals surface area contributed by atoms with Gasteiger partial charge in [-0.3, -0.25) is 29.0 Å². The number of amides is 4. The van der Waals surface area contributed by atoms with Gasteiger partial charge in [0.2, 0.25) is 23.6 Å². The average molecular weight is 334 g/mol. The molecule has 24 heavy (non-hydrogen) atoms. The number of carbonyl (C=O) groups is 4. The molecule has 4 aliphatic carbocycles. The molecule has 6 fully saturated rings. The number of hydrogen-bond donors (Lipinski definition) is 2. The third-order valence-electron chi connectivity index (χ3n) is 7.28. The molecule has 6 aliphatic rings. The van der Waals surface area contributed by atoms with Crippen LogP contribution in [-0.2, 0) is 19.2 Å². The first-order valence-electron chi connectivity index (χ1n) is 8.45. The minimum Gasteiger partial charge on any atom is -0.376 e. The van der Waals surface area contributed by atoms with Gasteiger partial charge in [0, 0.05) is 0 Å². The molecule has 2 heterocycles. The van der Waals surface area contributed by atoms with Gasteiger partial charge in [-0.2, -0.15) is 0 Å². The number of aliphatic hydroxyl groups excluding tert-OH is 2. The second kappa shape index (κ2) is 4.43. The number of imide groups is 2. The highest BCUT2D eigenvalue weighted by Crippen LogP contribution is 2.69. The van der Waals surface area contributed by atoms with Crippen LogP contribution in [0, 0.1) is 47.3 Å². The van der Waals surface area contributed by atoms with Gasteiger partial charge in [0.15, 0.2) is 0 Å². The molecule has 4 saturated carbocycles. The fourth-order valence-corrected chi connectivity index (χ4v) is 6.58. The Morgan fingerprint density at radius 1 is 0.667 bits per heavy atom. The summed E-state index contributed by atoms with van der Waals surface area (Å²) in [6.45, 7) is -1.22. The standard InChI is InChI=1S/C16H18N2O6/c19-3-17-13(21)9-5-1-2-6(10(9)14(17)22)8-7(5)11-12(8)16(24)18(4-20)15(11)23/h5-12,19-20H,1-4H2. The van der Waals surface area contributed by atoms with E-state index in [0.717, 1.165) is 22.6 Å². The summed E-state index contributed by atoms with van der Waals surface area (Å²) in [5.41, 5.74) is 0. The number of rotatable bonds is 2. The van der Waals surface area contributed by atoms with Crippen LogP contribution in [0.1, 0.15) is 12.8 Å². The van der Waals surface area contributed by atoms with Gasteiger partial charge in [-0.1, -0.05) is 0 Å². The molecule has 0 aromatic rings. The molecule has 6 rings (SSSR count). The van der Waals surface area contributed by atoms with E-state index in [1.807, 2.05) is 0 Å². The first kappa shape index (κ1) is 14.5. The molecular weight excluding hydrogens is 316 g/mol. The van der Waals surface area contributed by atoms with Gasteiger partial charge < -0.3 is 10.2 Å². The van der Waals surface area contributed by atoms with Crippen molar-refractivity contribution in [1.29, 1.82) is 0 Å². The Morgan fingerprint density at radius 3 is 1.33 bits per heavy atom. The molecule has 8 unspecified atom stereocenters. The predicted molar refractivity (Wildman–Crippen MR) is 75.0 cm³/mol. The highest BCUT2D eigenvalue weighted by atomic mass is 16.3. The van der Waals surface area contributed by atoms with E-state index in [-0.39, 0.29) is 47.3 Å². The first-order chi connectivity index (χ1) is 11.5. The quantitative estimate of drug-likeness (QED) is 0.586. The molecule has 2 saturated heterocycles. The van der Waals surface area contributed by atoms with Crippen LogP contribution in [-0.4, -0.2) is 57.1 Å². The maximum atomic E-state index is 12.5. The highest BCUT2D eigenvalue weighted by molar-refractivity contribution is 6.08. The van der Waals surface area contributed by atoms with E-state index in [4.69, 9.17) is 0 Å². The molecule has 2 aliphatic heterocycles. The Balaban J connectivity index is 1.56. The summed E-state index contributed by atoms with van der Waals surface area (Å²) in [7, 11) is 0. The van der Waals surface area contributed by atoms with E-state index < -0.39 is 37.1 Å². The molecular formula is C16H18N2O6. The van der Waals surface area contributed by atoms with E-state index in [1.165, 1.54) is 0 Å². The van der Waals surface area contributed by atoms with Crippen LogP contribution in [0.4, 0.5) is 0 Å². The molecule has 0 aromatic heterocycles. The van der Waals surface area contributed by atoms with Crippen LogP contribution in [0.15, 0.2) is 0 Å². The van der Waals surface area contributed by atoms with Crippen molar-refractivity contribution in [3.63, 3.8) is 0 Å². The Kier molecular flexibility index (Phi) is 2.68. The minimum atomic E-state index is -0.609. The van der Waals surface area contributed by atoms with Crippen LogP contribution in [0.2, 0.25) is 0 Å². The number of likely N-dealkylation sites (tertiary alicyclic amines) is 2. The monoisotopic (exact) mass is 334 g/mol. The second-order valence-electron chi connectivity index (χ2n) is 7.65. The number of fused-ring (bicyclic) bond motifs is 2. The third kappa shape index (κ3) is 1.32. The number of nitrogens with zero attached hydrogens (tertiary/aromatic N) is 2. The van der Waals surface area contributed by atoms with E-state index in [1.54, 1.807) is 0 Å². The number of carbonyl (C=O) groups excluding carboxylic acids is 4. The van der Waals surface area contributed by atoms with Crippen molar-refractivity contribution in [2.75, 3.05) is 13.5 Å². The average Bonchev–Trinajstić information content (AvgIpc) is 2.91. The second-order valence-corrected chi connectivity index (χ2v) is 7.65. The lowest BCUT2D eigenvalue weighted by atomic mass is 9.38. The third-order valence-corrected chi connectivity index (χ3v) is 7.28. The summed E-state index contributed by atoms with van der Waals surface area (Å²) >= 11 is 0. The summed E-state index contributed by atoms with van der Waals surface area (Å²) in [4.78, 5) is 51.8. The Hall–Kier alpha value is -1.80. The van der Waals surface area contributed by atoms with Crippen molar-refractivity contribution in [3.8, 4) is 0 Å². The maximum absolute atomic E-state index is 12.5. The smallest absolute Gasteiger partial charge is 0.235 e. The summed E-state index contributed by atoms with van der Waals surface area (Å²) in [6.07, 6.45) is 1.55. The zero-order valence-electron chi connectivity index (χ0n) is 12.9. The number of aliphatic hydroxyl groups is 2. The summed E-state index contributed by atoms with van der Waals surface area (Å²) in [6, 6.07) is 0. The molecule has 8 atom stereocenters.